The number of ether oxygens (including phenoxy) is 4. The normalized spacial score (nSPS) is 14.0. The Morgan fingerprint density at radius 1 is 1.17 bits per heavy atom. The van der Waals surface area contributed by atoms with Crippen LogP contribution in [0.2, 0.25) is 0 Å². The molecule has 3 heterocycles. The van der Waals surface area contributed by atoms with Crippen molar-refractivity contribution >= 4 is 33.6 Å². The molecule has 1 saturated heterocycles. The first kappa shape index (κ1) is 25.3. The van der Waals surface area contributed by atoms with Gasteiger partial charge in [0.1, 0.15) is 29.7 Å². The number of morpholine rings is 1. The highest BCUT2D eigenvalue weighted by molar-refractivity contribution is 7.95. The third kappa shape index (κ3) is 6.65. The van der Waals surface area contributed by atoms with E-state index in [1.54, 1.807) is 6.92 Å². The van der Waals surface area contributed by atoms with E-state index in [0.29, 0.717) is 49.8 Å². The van der Waals surface area contributed by atoms with Crippen LogP contribution in [-0.4, -0.2) is 85.1 Å². The van der Waals surface area contributed by atoms with Gasteiger partial charge in [0.25, 0.3) is 0 Å². The number of fused-ring (bicyclic) bond motifs is 1. The third-order valence-corrected chi connectivity index (χ3v) is 6.57. The summed E-state index contributed by atoms with van der Waals surface area (Å²) in [6.07, 6.45) is 6.22. The van der Waals surface area contributed by atoms with Gasteiger partial charge < -0.3 is 23.8 Å². The number of pyridine rings is 1. The lowest BCUT2D eigenvalue weighted by molar-refractivity contribution is -0.145. The number of carbonyl (C=O) groups is 1. The monoisotopic (exact) mass is 501 g/mol. The summed E-state index contributed by atoms with van der Waals surface area (Å²) in [6, 6.07) is 9.72. The zero-order chi connectivity index (χ0) is 24.6. The molecule has 10 heteroatoms. The van der Waals surface area contributed by atoms with Crippen molar-refractivity contribution in [2.24, 2.45) is 0 Å². The highest BCUT2D eigenvalue weighted by Gasteiger charge is 2.18. The van der Waals surface area contributed by atoms with E-state index in [-0.39, 0.29) is 6.61 Å². The van der Waals surface area contributed by atoms with Gasteiger partial charge in [-0.15, -0.1) is 0 Å². The molecule has 0 unspecified atom stereocenters. The molecule has 35 heavy (non-hydrogen) atoms. The molecule has 3 aromatic rings. The Bertz CT molecular complexity index is 1130. The summed E-state index contributed by atoms with van der Waals surface area (Å²) in [7, 11) is 0.329. The van der Waals surface area contributed by atoms with E-state index in [1.165, 1.54) is 0 Å². The summed E-state index contributed by atoms with van der Waals surface area (Å²) in [5.74, 6) is 2.10. The van der Waals surface area contributed by atoms with Crippen molar-refractivity contribution in [2.45, 2.75) is 13.7 Å². The molecule has 188 valence electrons. The lowest BCUT2D eigenvalue weighted by atomic mass is 10.1. The average molecular weight is 502 g/mol. The second-order valence-electron chi connectivity index (χ2n) is 8.35. The standard InChI is InChI=1S/C25H33N4O5S/c1-4-33-24(30)17-34-20-5-6-22-21(16-20)25(27-29(22)18-32-13-14-35(2)3)19-7-8-26-23(15-19)28-9-11-31-12-10-28/h5-8,15-16H,4,9-14,17-18H2,1-3H3/q+1. The van der Waals surface area contributed by atoms with Crippen molar-refractivity contribution in [2.75, 3.05) is 69.3 Å². The van der Waals surface area contributed by atoms with E-state index in [2.05, 4.69) is 28.5 Å². The van der Waals surface area contributed by atoms with Crippen molar-refractivity contribution < 1.29 is 23.7 Å². The van der Waals surface area contributed by atoms with E-state index in [9.17, 15) is 4.79 Å². The van der Waals surface area contributed by atoms with Gasteiger partial charge in [0.15, 0.2) is 6.61 Å². The first-order chi connectivity index (χ1) is 17.0. The van der Waals surface area contributed by atoms with Crippen LogP contribution in [0.15, 0.2) is 36.5 Å². The van der Waals surface area contributed by atoms with Gasteiger partial charge >= 0.3 is 5.97 Å². The maximum Gasteiger partial charge on any atom is 0.344 e. The van der Waals surface area contributed by atoms with Gasteiger partial charge in [0.05, 0.1) is 44.5 Å². The molecule has 0 bridgehead atoms. The van der Waals surface area contributed by atoms with Crippen LogP contribution in [0, 0.1) is 0 Å². The molecular formula is C25H33N4O5S+. The van der Waals surface area contributed by atoms with E-state index < -0.39 is 5.97 Å². The first-order valence-corrected chi connectivity index (χ1v) is 14.0. The van der Waals surface area contributed by atoms with Crippen LogP contribution < -0.4 is 9.64 Å². The number of aromatic nitrogens is 3. The molecule has 0 amide bonds. The van der Waals surface area contributed by atoms with Gasteiger partial charge in [-0.05, 0) is 48.2 Å². The highest BCUT2D eigenvalue weighted by atomic mass is 32.2. The Morgan fingerprint density at radius 3 is 2.77 bits per heavy atom. The van der Waals surface area contributed by atoms with Crippen molar-refractivity contribution in [1.29, 1.82) is 0 Å². The Hall–Kier alpha value is -2.82. The highest BCUT2D eigenvalue weighted by Crippen LogP contribution is 2.32. The number of hydrogen-bond donors (Lipinski definition) is 0. The topological polar surface area (TPSA) is 87.9 Å². The zero-order valence-corrected chi connectivity index (χ0v) is 21.4. The van der Waals surface area contributed by atoms with Crippen molar-refractivity contribution in [3.8, 4) is 17.0 Å². The molecule has 1 aromatic carbocycles. The number of hydrogen-bond acceptors (Lipinski definition) is 8. The third-order valence-electron chi connectivity index (χ3n) is 5.59. The molecule has 4 rings (SSSR count). The number of rotatable bonds is 11. The molecule has 0 N–H and O–H groups in total. The zero-order valence-electron chi connectivity index (χ0n) is 20.6. The summed E-state index contributed by atoms with van der Waals surface area (Å²) in [5.41, 5.74) is 2.70. The maximum atomic E-state index is 11.8. The molecular weight excluding hydrogens is 468 g/mol. The van der Waals surface area contributed by atoms with Gasteiger partial charge in [-0.25, -0.2) is 14.5 Å². The minimum Gasteiger partial charge on any atom is -0.482 e. The Kier molecular flexibility index (Phi) is 8.84. The van der Waals surface area contributed by atoms with E-state index >= 15 is 0 Å². The summed E-state index contributed by atoms with van der Waals surface area (Å²) < 4.78 is 23.9. The predicted octanol–water partition coefficient (Wildman–Crippen LogP) is 2.73. The van der Waals surface area contributed by atoms with Crippen LogP contribution in [0.3, 0.4) is 0 Å². The number of carbonyl (C=O) groups excluding carboxylic acids is 1. The summed E-state index contributed by atoms with van der Waals surface area (Å²) in [4.78, 5) is 18.5. The van der Waals surface area contributed by atoms with Gasteiger partial charge in [-0.1, -0.05) is 0 Å². The second kappa shape index (κ2) is 12.2. The molecule has 2 aromatic heterocycles. The van der Waals surface area contributed by atoms with Crippen LogP contribution in [0.5, 0.6) is 5.75 Å². The van der Waals surface area contributed by atoms with Crippen molar-refractivity contribution in [1.82, 2.24) is 14.8 Å². The number of nitrogens with zero attached hydrogens (tertiary/aromatic N) is 4. The quantitative estimate of drug-likeness (QED) is 0.225. The van der Waals surface area contributed by atoms with Crippen molar-refractivity contribution in [3.63, 3.8) is 0 Å². The van der Waals surface area contributed by atoms with Crippen molar-refractivity contribution in [3.05, 3.63) is 36.5 Å². The van der Waals surface area contributed by atoms with Crippen LogP contribution in [-0.2, 0) is 36.6 Å². The Labute approximate surface area is 208 Å². The van der Waals surface area contributed by atoms with Crippen LogP contribution in [0.4, 0.5) is 5.82 Å². The SMILES string of the molecule is CCOC(=O)COc1ccc2c(c1)c(-c1ccnc(N3CCOCC3)c1)nn2COCC[S+](C)C. The molecule has 0 spiro atoms. The fraction of sp³-hybridized carbons (Fsp3) is 0.480. The first-order valence-electron chi connectivity index (χ1n) is 11.7. The largest absolute Gasteiger partial charge is 0.482 e. The molecule has 9 nitrogen and oxygen atoms in total. The van der Waals surface area contributed by atoms with E-state index in [1.807, 2.05) is 35.1 Å². The fourth-order valence-electron chi connectivity index (χ4n) is 3.81. The fourth-order valence-corrected chi connectivity index (χ4v) is 4.26. The van der Waals surface area contributed by atoms with Gasteiger partial charge in [0.2, 0.25) is 0 Å². The summed E-state index contributed by atoms with van der Waals surface area (Å²) in [6.45, 7) is 6.00. The summed E-state index contributed by atoms with van der Waals surface area (Å²) >= 11 is 0. The smallest absolute Gasteiger partial charge is 0.344 e. The molecule has 0 aliphatic carbocycles. The van der Waals surface area contributed by atoms with Crippen LogP contribution >= 0.6 is 0 Å². The Balaban J connectivity index is 1.64. The van der Waals surface area contributed by atoms with Gasteiger partial charge in [-0.2, -0.15) is 5.10 Å². The van der Waals surface area contributed by atoms with Crippen LogP contribution in [0.25, 0.3) is 22.2 Å². The number of benzene rings is 1. The second-order valence-corrected chi connectivity index (χ2v) is 10.7. The van der Waals surface area contributed by atoms with E-state index in [0.717, 1.165) is 46.8 Å². The minimum atomic E-state index is -0.396. The Morgan fingerprint density at radius 2 is 2.00 bits per heavy atom. The maximum absolute atomic E-state index is 11.8. The number of anilines is 1. The number of esters is 1. The lowest BCUT2D eigenvalue weighted by Crippen LogP contribution is -2.36. The molecule has 1 aliphatic rings. The molecule has 0 atom stereocenters. The molecule has 0 radical (unpaired) electrons. The summed E-state index contributed by atoms with van der Waals surface area (Å²) in [5, 5.41) is 5.82. The molecule has 1 aliphatic heterocycles. The predicted molar refractivity (Wildman–Crippen MR) is 138 cm³/mol. The van der Waals surface area contributed by atoms with E-state index in [4.69, 9.17) is 24.0 Å². The minimum absolute atomic E-state index is 0.141. The molecule has 1 fully saturated rings. The average Bonchev–Trinajstić information content (AvgIpc) is 3.24. The lowest BCUT2D eigenvalue weighted by Gasteiger charge is -2.27. The van der Waals surface area contributed by atoms with Crippen LogP contribution in [0.1, 0.15) is 6.92 Å². The van der Waals surface area contributed by atoms with Gasteiger partial charge in [0, 0.05) is 30.2 Å². The van der Waals surface area contributed by atoms with Gasteiger partial charge in [-0.3, -0.25) is 0 Å². The molecule has 0 saturated carbocycles.